The van der Waals surface area contributed by atoms with E-state index in [1.54, 1.807) is 24.3 Å². The molecular formula is C28H30F3NO4. The molecular weight excluding hydrogens is 471 g/mol. The number of halogens is 3. The third-order valence-corrected chi connectivity index (χ3v) is 7.11. The first-order valence-corrected chi connectivity index (χ1v) is 12.3. The summed E-state index contributed by atoms with van der Waals surface area (Å²) in [5.74, 6) is 0.406. The van der Waals surface area contributed by atoms with Crippen molar-refractivity contribution < 1.29 is 32.6 Å². The third-order valence-electron chi connectivity index (χ3n) is 7.11. The Bertz CT molecular complexity index is 1080. The van der Waals surface area contributed by atoms with E-state index in [2.05, 4.69) is 0 Å². The molecule has 0 bridgehead atoms. The van der Waals surface area contributed by atoms with E-state index in [1.807, 2.05) is 4.90 Å². The molecule has 2 aromatic carbocycles. The largest absolute Gasteiger partial charge is 0.493 e. The molecule has 1 saturated carbocycles. The number of rotatable bonds is 8. The fourth-order valence-electron chi connectivity index (χ4n) is 5.08. The molecule has 0 aromatic heterocycles. The molecule has 1 heterocycles. The molecule has 1 aliphatic heterocycles. The van der Waals surface area contributed by atoms with Gasteiger partial charge < -0.3 is 14.7 Å². The van der Waals surface area contributed by atoms with Gasteiger partial charge in [-0.05, 0) is 66.1 Å². The number of amides is 1. The Kier molecular flexibility index (Phi) is 8.01. The molecule has 5 nitrogen and oxygen atoms in total. The van der Waals surface area contributed by atoms with E-state index in [1.165, 1.54) is 31.1 Å². The standard InChI is InChI=1S/C28H30F3NO4/c29-28(30,31)24-9-5-19(6-10-24)13-14-36-25-11-7-20(8-12-25)15-23(27(34)35)16-26(33)32-17-21-3-1-2-4-22(21)18-32/h5-12,15,21-22H,1-4,13-14,16-18H2,(H,34,35)/b23-15+/t21-,22+. The van der Waals surface area contributed by atoms with Gasteiger partial charge in [-0.3, -0.25) is 4.79 Å². The minimum Gasteiger partial charge on any atom is -0.493 e. The molecule has 36 heavy (non-hydrogen) atoms. The first-order chi connectivity index (χ1) is 17.2. The normalized spacial score (nSPS) is 20.2. The summed E-state index contributed by atoms with van der Waals surface area (Å²) >= 11 is 0. The van der Waals surface area contributed by atoms with Crippen LogP contribution in [0.2, 0.25) is 0 Å². The fraction of sp³-hybridized carbons (Fsp3) is 0.429. The van der Waals surface area contributed by atoms with Crippen molar-refractivity contribution in [3.8, 4) is 5.75 Å². The molecule has 2 fully saturated rings. The van der Waals surface area contributed by atoms with E-state index in [-0.39, 0.29) is 24.5 Å². The molecule has 1 aliphatic carbocycles. The van der Waals surface area contributed by atoms with Crippen molar-refractivity contribution in [2.45, 2.75) is 44.7 Å². The molecule has 8 heteroatoms. The summed E-state index contributed by atoms with van der Waals surface area (Å²) in [5, 5.41) is 9.65. The van der Waals surface area contributed by atoms with Crippen LogP contribution >= 0.6 is 0 Å². The van der Waals surface area contributed by atoms with Gasteiger partial charge in [-0.1, -0.05) is 37.1 Å². The van der Waals surface area contributed by atoms with Crippen molar-refractivity contribution in [1.29, 1.82) is 0 Å². The number of carbonyl (C=O) groups is 2. The Morgan fingerprint density at radius 3 is 2.14 bits per heavy atom. The lowest BCUT2D eigenvalue weighted by atomic mass is 9.82. The molecule has 0 spiro atoms. The number of aliphatic carboxylic acids is 1. The highest BCUT2D eigenvalue weighted by molar-refractivity contribution is 5.98. The summed E-state index contributed by atoms with van der Waals surface area (Å²) in [6.07, 6.45) is 2.17. The average Bonchev–Trinajstić information content (AvgIpc) is 3.29. The van der Waals surface area contributed by atoms with Crippen molar-refractivity contribution >= 4 is 18.0 Å². The van der Waals surface area contributed by atoms with Crippen LogP contribution in [-0.2, 0) is 22.2 Å². The van der Waals surface area contributed by atoms with Crippen molar-refractivity contribution in [3.63, 3.8) is 0 Å². The molecule has 0 radical (unpaired) electrons. The zero-order valence-electron chi connectivity index (χ0n) is 20.0. The third kappa shape index (κ3) is 6.68. The molecule has 1 saturated heterocycles. The van der Waals surface area contributed by atoms with Crippen LogP contribution in [0.25, 0.3) is 6.08 Å². The van der Waals surface area contributed by atoms with E-state index in [0.717, 1.165) is 43.6 Å². The van der Waals surface area contributed by atoms with E-state index >= 15 is 0 Å². The number of nitrogens with zero attached hydrogens (tertiary/aromatic N) is 1. The highest BCUT2D eigenvalue weighted by Gasteiger charge is 2.36. The van der Waals surface area contributed by atoms with E-state index < -0.39 is 17.7 Å². The number of likely N-dealkylation sites (tertiary alicyclic amines) is 1. The summed E-state index contributed by atoms with van der Waals surface area (Å²) < 4.78 is 43.6. The van der Waals surface area contributed by atoms with Crippen LogP contribution in [-0.4, -0.2) is 41.6 Å². The quantitative estimate of drug-likeness (QED) is 0.462. The zero-order valence-corrected chi connectivity index (χ0v) is 20.0. The lowest BCUT2D eigenvalue weighted by Crippen LogP contribution is -2.29. The number of fused-ring (bicyclic) bond motifs is 1. The Hall–Kier alpha value is -3.29. The molecule has 2 aromatic rings. The molecule has 2 atom stereocenters. The lowest BCUT2D eigenvalue weighted by molar-refractivity contribution is -0.137. The maximum absolute atomic E-state index is 12.8. The number of ether oxygens (including phenoxy) is 1. The van der Waals surface area contributed by atoms with E-state index in [9.17, 15) is 27.9 Å². The van der Waals surface area contributed by atoms with Gasteiger partial charge in [0.1, 0.15) is 5.75 Å². The minimum atomic E-state index is -4.36. The van der Waals surface area contributed by atoms with Crippen molar-refractivity contribution in [2.24, 2.45) is 11.8 Å². The highest BCUT2D eigenvalue weighted by atomic mass is 19.4. The van der Waals surface area contributed by atoms with Gasteiger partial charge in [0.05, 0.1) is 18.6 Å². The Morgan fingerprint density at radius 2 is 1.58 bits per heavy atom. The van der Waals surface area contributed by atoms with Gasteiger partial charge in [-0.15, -0.1) is 0 Å². The number of alkyl halides is 3. The Labute approximate surface area is 208 Å². The Morgan fingerprint density at radius 1 is 0.972 bits per heavy atom. The zero-order chi connectivity index (χ0) is 25.7. The van der Waals surface area contributed by atoms with Crippen molar-refractivity contribution in [1.82, 2.24) is 4.90 Å². The molecule has 1 amide bonds. The second-order valence-electron chi connectivity index (χ2n) is 9.62. The number of benzene rings is 2. The van der Waals surface area contributed by atoms with E-state index in [4.69, 9.17) is 4.74 Å². The van der Waals surface area contributed by atoms with Gasteiger partial charge >= 0.3 is 12.1 Å². The first-order valence-electron chi connectivity index (χ1n) is 12.3. The minimum absolute atomic E-state index is 0.0471. The summed E-state index contributed by atoms with van der Waals surface area (Å²) in [4.78, 5) is 26.4. The number of hydrogen-bond acceptors (Lipinski definition) is 3. The second-order valence-corrected chi connectivity index (χ2v) is 9.62. The van der Waals surface area contributed by atoms with Gasteiger partial charge in [0.25, 0.3) is 0 Å². The smallest absolute Gasteiger partial charge is 0.416 e. The summed E-state index contributed by atoms with van der Waals surface area (Å²) in [5.41, 5.74) is 0.739. The maximum Gasteiger partial charge on any atom is 0.416 e. The highest BCUT2D eigenvalue weighted by Crippen LogP contribution is 2.36. The number of carboxylic acid groups (broad SMARTS) is 1. The van der Waals surface area contributed by atoms with Gasteiger partial charge in [-0.2, -0.15) is 13.2 Å². The topological polar surface area (TPSA) is 66.8 Å². The number of carboxylic acids is 1. The average molecular weight is 502 g/mol. The monoisotopic (exact) mass is 501 g/mol. The van der Waals surface area contributed by atoms with Gasteiger partial charge in [-0.25, -0.2) is 4.79 Å². The first kappa shape index (κ1) is 25.8. The molecule has 4 rings (SSSR count). The molecule has 2 aliphatic rings. The van der Waals surface area contributed by atoms with Crippen LogP contribution in [0.3, 0.4) is 0 Å². The van der Waals surface area contributed by atoms with Crippen LogP contribution in [0.4, 0.5) is 13.2 Å². The van der Waals surface area contributed by atoms with Crippen LogP contribution in [0, 0.1) is 11.8 Å². The van der Waals surface area contributed by atoms with Crippen LogP contribution in [0.5, 0.6) is 5.75 Å². The van der Waals surface area contributed by atoms with Gasteiger partial charge in [0, 0.05) is 25.1 Å². The van der Waals surface area contributed by atoms with Gasteiger partial charge in [0.2, 0.25) is 5.91 Å². The van der Waals surface area contributed by atoms with E-state index in [0.29, 0.717) is 29.6 Å². The predicted molar refractivity (Wildman–Crippen MR) is 129 cm³/mol. The van der Waals surface area contributed by atoms with Gasteiger partial charge in [0.15, 0.2) is 0 Å². The molecule has 1 N–H and O–H groups in total. The maximum atomic E-state index is 12.8. The van der Waals surface area contributed by atoms with Crippen LogP contribution in [0.15, 0.2) is 54.1 Å². The molecule has 192 valence electrons. The van der Waals surface area contributed by atoms with Crippen molar-refractivity contribution in [2.75, 3.05) is 19.7 Å². The SMILES string of the molecule is O=C(O)/C(=C/c1ccc(OCCc2ccc(C(F)(F)F)cc2)cc1)CC(=O)N1C[C@H]2CCCC[C@H]2C1. The Balaban J connectivity index is 1.30. The fourth-order valence-corrected chi connectivity index (χ4v) is 5.08. The number of hydrogen-bond donors (Lipinski definition) is 1. The van der Waals surface area contributed by atoms with Crippen LogP contribution in [0.1, 0.15) is 48.8 Å². The second kappa shape index (κ2) is 11.2. The lowest BCUT2D eigenvalue weighted by Gasteiger charge is -2.22. The summed E-state index contributed by atoms with van der Waals surface area (Å²) in [7, 11) is 0. The summed E-state index contributed by atoms with van der Waals surface area (Å²) in [6, 6.07) is 11.8. The van der Waals surface area contributed by atoms with Crippen molar-refractivity contribution in [3.05, 3.63) is 70.8 Å². The molecule has 0 unspecified atom stereocenters. The van der Waals surface area contributed by atoms with Crippen LogP contribution < -0.4 is 4.74 Å². The summed E-state index contributed by atoms with van der Waals surface area (Å²) in [6.45, 7) is 1.75. The number of carbonyl (C=O) groups excluding carboxylic acids is 1. The predicted octanol–water partition coefficient (Wildman–Crippen LogP) is 5.83.